The predicted octanol–water partition coefficient (Wildman–Crippen LogP) is 2.91. The molecule has 4 nitrogen and oxygen atoms in total. The van der Waals surface area contributed by atoms with Crippen LogP contribution in [0.5, 0.6) is 5.75 Å². The molecule has 20 heavy (non-hydrogen) atoms. The number of likely N-dealkylation sites (N-methyl/N-ethyl adjacent to an activating group) is 1. The highest BCUT2D eigenvalue weighted by molar-refractivity contribution is 6.30. The Kier molecular flexibility index (Phi) is 6.82. The molecule has 2 N–H and O–H groups in total. The lowest BCUT2D eigenvalue weighted by atomic mass is 10.1. The first-order valence-electron chi connectivity index (χ1n) is 6.90. The van der Waals surface area contributed by atoms with Crippen LogP contribution in [0, 0.1) is 0 Å². The normalized spacial score (nSPS) is 13.7. The van der Waals surface area contributed by atoms with Gasteiger partial charge in [-0.25, -0.2) is 0 Å². The number of benzene rings is 1. The van der Waals surface area contributed by atoms with Crippen LogP contribution in [0.4, 0.5) is 0 Å². The van der Waals surface area contributed by atoms with Gasteiger partial charge in [-0.15, -0.1) is 0 Å². The van der Waals surface area contributed by atoms with Crippen LogP contribution in [0.25, 0.3) is 0 Å². The molecule has 0 bridgehead atoms. The van der Waals surface area contributed by atoms with Crippen LogP contribution < -0.4 is 15.4 Å². The summed E-state index contributed by atoms with van der Waals surface area (Å²) >= 11 is 6.06. The van der Waals surface area contributed by atoms with Crippen molar-refractivity contribution in [1.82, 2.24) is 10.6 Å². The Hall–Kier alpha value is -1.26. The third-order valence-corrected chi connectivity index (χ3v) is 3.29. The third kappa shape index (κ3) is 4.69. The highest BCUT2D eigenvalue weighted by atomic mass is 35.5. The van der Waals surface area contributed by atoms with Crippen molar-refractivity contribution < 1.29 is 9.53 Å². The summed E-state index contributed by atoms with van der Waals surface area (Å²) in [6.45, 7) is 6.81. The lowest BCUT2D eigenvalue weighted by molar-refractivity contribution is -0.126. The van der Waals surface area contributed by atoms with Crippen LogP contribution in [-0.4, -0.2) is 25.6 Å². The van der Waals surface area contributed by atoms with Gasteiger partial charge in [0, 0.05) is 23.7 Å². The van der Waals surface area contributed by atoms with Gasteiger partial charge in [-0.3, -0.25) is 4.79 Å². The van der Waals surface area contributed by atoms with Crippen LogP contribution in [0.2, 0.25) is 5.02 Å². The summed E-state index contributed by atoms with van der Waals surface area (Å²) in [4.78, 5) is 11.6. The van der Waals surface area contributed by atoms with Gasteiger partial charge in [0.25, 0.3) is 5.91 Å². The molecule has 0 aliphatic carbocycles. The predicted molar refractivity (Wildman–Crippen MR) is 82.3 cm³/mol. The maximum absolute atomic E-state index is 11.6. The average molecular weight is 299 g/mol. The Labute approximate surface area is 125 Å². The summed E-state index contributed by atoms with van der Waals surface area (Å²) in [5, 5.41) is 6.62. The van der Waals surface area contributed by atoms with Crippen molar-refractivity contribution in [3.8, 4) is 5.75 Å². The van der Waals surface area contributed by atoms with Gasteiger partial charge in [0.15, 0.2) is 6.10 Å². The molecule has 0 aromatic heterocycles. The Balaban J connectivity index is 2.92. The standard InChI is InChI=1S/C15H23ClN2O2/c1-5-8-18-10(2)13-9-12(16)6-7-14(13)20-11(3)15(19)17-4/h6-7,9-11,18H,5,8H2,1-4H3,(H,17,19). The number of carbonyl (C=O) groups is 1. The van der Waals surface area contributed by atoms with Gasteiger partial charge in [0.2, 0.25) is 0 Å². The zero-order valence-electron chi connectivity index (χ0n) is 12.5. The van der Waals surface area contributed by atoms with Crippen molar-refractivity contribution in [1.29, 1.82) is 0 Å². The number of halogens is 1. The fraction of sp³-hybridized carbons (Fsp3) is 0.533. The van der Waals surface area contributed by atoms with Gasteiger partial charge in [0.05, 0.1) is 0 Å². The molecule has 0 saturated heterocycles. The Morgan fingerprint density at radius 3 is 2.70 bits per heavy atom. The highest BCUT2D eigenvalue weighted by Gasteiger charge is 2.17. The lowest BCUT2D eigenvalue weighted by Gasteiger charge is -2.21. The maximum Gasteiger partial charge on any atom is 0.260 e. The van der Waals surface area contributed by atoms with Crippen molar-refractivity contribution in [3.05, 3.63) is 28.8 Å². The molecule has 1 aromatic rings. The summed E-state index contributed by atoms with van der Waals surface area (Å²) in [6.07, 6.45) is 0.508. The van der Waals surface area contributed by atoms with Crippen molar-refractivity contribution >= 4 is 17.5 Å². The first kappa shape index (κ1) is 16.8. The minimum atomic E-state index is -0.543. The van der Waals surface area contributed by atoms with Crippen molar-refractivity contribution in [2.24, 2.45) is 0 Å². The van der Waals surface area contributed by atoms with Crippen molar-refractivity contribution in [2.75, 3.05) is 13.6 Å². The van der Waals surface area contributed by atoms with E-state index in [-0.39, 0.29) is 11.9 Å². The van der Waals surface area contributed by atoms with Gasteiger partial charge in [-0.1, -0.05) is 18.5 Å². The number of hydrogen-bond acceptors (Lipinski definition) is 3. The van der Waals surface area contributed by atoms with Crippen molar-refractivity contribution in [3.63, 3.8) is 0 Å². The summed E-state index contributed by atoms with van der Waals surface area (Å²) in [5.74, 6) is 0.529. The quantitative estimate of drug-likeness (QED) is 0.814. The van der Waals surface area contributed by atoms with Gasteiger partial charge in [-0.05, 0) is 45.0 Å². The lowest BCUT2D eigenvalue weighted by Crippen LogP contribution is -2.34. The molecule has 0 saturated carbocycles. The number of nitrogens with one attached hydrogen (secondary N) is 2. The first-order valence-corrected chi connectivity index (χ1v) is 7.28. The van der Waals surface area contributed by atoms with Crippen LogP contribution in [-0.2, 0) is 4.79 Å². The monoisotopic (exact) mass is 298 g/mol. The highest BCUT2D eigenvalue weighted by Crippen LogP contribution is 2.29. The fourth-order valence-electron chi connectivity index (χ4n) is 1.88. The minimum Gasteiger partial charge on any atom is -0.481 e. The fourth-order valence-corrected chi connectivity index (χ4v) is 2.06. The number of amides is 1. The first-order chi connectivity index (χ1) is 9.49. The molecule has 0 aliphatic rings. The van der Waals surface area contributed by atoms with E-state index in [9.17, 15) is 4.79 Å². The smallest absolute Gasteiger partial charge is 0.260 e. The van der Waals surface area contributed by atoms with E-state index in [1.54, 1.807) is 26.1 Å². The number of ether oxygens (including phenoxy) is 1. The third-order valence-electron chi connectivity index (χ3n) is 3.06. The van der Waals surface area contributed by atoms with E-state index in [0.717, 1.165) is 18.5 Å². The molecule has 0 spiro atoms. The molecule has 0 radical (unpaired) electrons. The SMILES string of the molecule is CCCNC(C)c1cc(Cl)ccc1OC(C)C(=O)NC. The van der Waals surface area contributed by atoms with E-state index < -0.39 is 6.10 Å². The summed E-state index contributed by atoms with van der Waals surface area (Å²) in [7, 11) is 1.59. The summed E-state index contributed by atoms with van der Waals surface area (Å²) in [6, 6.07) is 5.56. The van der Waals surface area contributed by atoms with Crippen LogP contribution in [0.3, 0.4) is 0 Å². The van der Waals surface area contributed by atoms with Crippen molar-refractivity contribution in [2.45, 2.75) is 39.3 Å². The summed E-state index contributed by atoms with van der Waals surface area (Å²) in [5.41, 5.74) is 0.960. The van der Waals surface area contributed by atoms with E-state index in [1.165, 1.54) is 0 Å². The Morgan fingerprint density at radius 1 is 1.40 bits per heavy atom. The molecule has 2 unspecified atom stereocenters. The van der Waals surface area contributed by atoms with E-state index in [1.807, 2.05) is 6.07 Å². The number of carbonyl (C=O) groups excluding carboxylic acids is 1. The molecule has 1 amide bonds. The zero-order valence-corrected chi connectivity index (χ0v) is 13.3. The van der Waals surface area contributed by atoms with Gasteiger partial charge in [0.1, 0.15) is 5.75 Å². The Bertz CT molecular complexity index is 451. The molecule has 0 aliphatic heterocycles. The second-order valence-corrected chi connectivity index (χ2v) is 5.17. The molecule has 2 atom stereocenters. The molecular formula is C15H23ClN2O2. The second-order valence-electron chi connectivity index (χ2n) is 4.73. The number of rotatable bonds is 7. The van der Waals surface area contributed by atoms with E-state index in [2.05, 4.69) is 24.5 Å². The Morgan fingerprint density at radius 2 is 2.10 bits per heavy atom. The van der Waals surface area contributed by atoms with Gasteiger partial charge in [-0.2, -0.15) is 0 Å². The summed E-state index contributed by atoms with van der Waals surface area (Å²) < 4.78 is 5.74. The molecule has 112 valence electrons. The zero-order chi connectivity index (χ0) is 15.1. The van der Waals surface area contributed by atoms with Gasteiger partial charge < -0.3 is 15.4 Å². The molecule has 0 fully saturated rings. The molecule has 5 heteroatoms. The number of hydrogen-bond donors (Lipinski definition) is 2. The molecule has 0 heterocycles. The van der Waals surface area contributed by atoms with Crippen LogP contribution >= 0.6 is 11.6 Å². The van der Waals surface area contributed by atoms with Crippen LogP contribution in [0.15, 0.2) is 18.2 Å². The average Bonchev–Trinajstić information content (AvgIpc) is 2.45. The molecule has 1 aromatic carbocycles. The second kappa shape index (κ2) is 8.12. The van der Waals surface area contributed by atoms with E-state index in [0.29, 0.717) is 10.8 Å². The van der Waals surface area contributed by atoms with Crippen LogP contribution in [0.1, 0.15) is 38.8 Å². The molecule has 1 rings (SSSR count). The largest absolute Gasteiger partial charge is 0.481 e. The van der Waals surface area contributed by atoms with E-state index >= 15 is 0 Å². The van der Waals surface area contributed by atoms with Gasteiger partial charge >= 0.3 is 0 Å². The topological polar surface area (TPSA) is 50.4 Å². The minimum absolute atomic E-state index is 0.112. The van der Waals surface area contributed by atoms with E-state index in [4.69, 9.17) is 16.3 Å². The molecular weight excluding hydrogens is 276 g/mol. The maximum atomic E-state index is 11.6.